The zero-order valence-electron chi connectivity index (χ0n) is 10.2. The van der Waals surface area contributed by atoms with Crippen LogP contribution in [0.15, 0.2) is 36.7 Å². The number of carbonyl (C=O) groups is 1. The van der Waals surface area contributed by atoms with Gasteiger partial charge in [0.05, 0.1) is 22.4 Å². The van der Waals surface area contributed by atoms with Crippen LogP contribution in [-0.4, -0.2) is 20.6 Å². The smallest absolute Gasteiger partial charge is 0.307 e. The van der Waals surface area contributed by atoms with Gasteiger partial charge in [0.25, 0.3) is 0 Å². The lowest BCUT2D eigenvalue weighted by atomic mass is 10.2. The van der Waals surface area contributed by atoms with Gasteiger partial charge >= 0.3 is 5.69 Å². The Kier molecular flexibility index (Phi) is 3.72. The number of carbonyl (C=O) groups excluding carboxylic acids is 1. The molecular weight excluding hydrogens is 262 g/mol. The molecular formula is C12H9N5O3. The van der Waals surface area contributed by atoms with Gasteiger partial charge < -0.3 is 5.32 Å². The van der Waals surface area contributed by atoms with Crippen LogP contribution in [0.5, 0.6) is 0 Å². The topological polar surface area (TPSA) is 114 Å². The van der Waals surface area contributed by atoms with Crippen molar-refractivity contribution in [2.75, 3.05) is 5.32 Å². The highest BCUT2D eigenvalue weighted by atomic mass is 16.6. The Morgan fingerprint density at radius 3 is 2.90 bits per heavy atom. The maximum atomic E-state index is 11.4. The third-order valence-electron chi connectivity index (χ3n) is 2.44. The third-order valence-corrected chi connectivity index (χ3v) is 2.44. The molecule has 0 radical (unpaired) electrons. The monoisotopic (exact) mass is 271 g/mol. The molecule has 0 aliphatic carbocycles. The maximum absolute atomic E-state index is 11.4. The number of rotatable bonds is 4. The van der Waals surface area contributed by atoms with Crippen molar-refractivity contribution in [2.45, 2.75) is 6.42 Å². The summed E-state index contributed by atoms with van der Waals surface area (Å²) in [5.74, 6) is -0.457. The van der Waals surface area contributed by atoms with Gasteiger partial charge in [0, 0.05) is 0 Å². The van der Waals surface area contributed by atoms with Gasteiger partial charge in [-0.05, 0) is 12.1 Å². The predicted molar refractivity (Wildman–Crippen MR) is 69.1 cm³/mol. The summed E-state index contributed by atoms with van der Waals surface area (Å²) in [4.78, 5) is 21.5. The van der Waals surface area contributed by atoms with Gasteiger partial charge in [0.2, 0.25) is 5.91 Å². The molecule has 0 bridgehead atoms. The van der Waals surface area contributed by atoms with Gasteiger partial charge in [-0.25, -0.2) is 4.68 Å². The summed E-state index contributed by atoms with van der Waals surface area (Å²) in [5.41, 5.74) is 0.751. The average molecular weight is 271 g/mol. The zero-order valence-corrected chi connectivity index (χ0v) is 10.2. The number of amides is 1. The van der Waals surface area contributed by atoms with Crippen molar-refractivity contribution in [3.8, 4) is 11.8 Å². The first-order valence-corrected chi connectivity index (χ1v) is 5.57. The molecule has 0 fully saturated rings. The molecule has 0 saturated carbocycles. The first kappa shape index (κ1) is 13.2. The van der Waals surface area contributed by atoms with Crippen LogP contribution >= 0.6 is 0 Å². The van der Waals surface area contributed by atoms with E-state index in [0.29, 0.717) is 11.4 Å². The average Bonchev–Trinajstić information content (AvgIpc) is 2.89. The van der Waals surface area contributed by atoms with Crippen molar-refractivity contribution in [2.24, 2.45) is 0 Å². The normalized spacial score (nSPS) is 9.75. The summed E-state index contributed by atoms with van der Waals surface area (Å²) in [5, 5.41) is 25.5. The van der Waals surface area contributed by atoms with Crippen LogP contribution in [0.4, 0.5) is 11.4 Å². The molecule has 100 valence electrons. The molecule has 0 unspecified atom stereocenters. The lowest BCUT2D eigenvalue weighted by Gasteiger charge is -2.09. The molecule has 20 heavy (non-hydrogen) atoms. The molecule has 8 heteroatoms. The molecule has 2 rings (SSSR count). The molecule has 0 spiro atoms. The third kappa shape index (κ3) is 2.78. The number of benzene rings is 1. The fourth-order valence-corrected chi connectivity index (χ4v) is 1.58. The first-order chi connectivity index (χ1) is 9.61. The molecule has 2 aromatic rings. The first-order valence-electron chi connectivity index (χ1n) is 5.57. The molecule has 0 atom stereocenters. The van der Waals surface area contributed by atoms with E-state index >= 15 is 0 Å². The van der Waals surface area contributed by atoms with Gasteiger partial charge in [-0.2, -0.15) is 10.4 Å². The van der Waals surface area contributed by atoms with E-state index in [9.17, 15) is 14.9 Å². The van der Waals surface area contributed by atoms with Gasteiger partial charge in [-0.15, -0.1) is 0 Å². The van der Waals surface area contributed by atoms with Crippen LogP contribution in [0.1, 0.15) is 6.42 Å². The van der Waals surface area contributed by atoms with Gasteiger partial charge in [-0.1, -0.05) is 12.1 Å². The van der Waals surface area contributed by atoms with Crippen LogP contribution in [0, 0.1) is 21.4 Å². The van der Waals surface area contributed by atoms with Crippen molar-refractivity contribution >= 4 is 17.3 Å². The highest BCUT2D eigenvalue weighted by Crippen LogP contribution is 2.21. The van der Waals surface area contributed by atoms with Crippen LogP contribution in [0.25, 0.3) is 5.69 Å². The molecule has 1 amide bonds. The Balaban J connectivity index is 2.34. The number of nitrogens with zero attached hydrogens (tertiary/aromatic N) is 4. The van der Waals surface area contributed by atoms with Gasteiger partial charge in [0.15, 0.2) is 0 Å². The van der Waals surface area contributed by atoms with Crippen molar-refractivity contribution < 1.29 is 9.72 Å². The van der Waals surface area contributed by atoms with E-state index in [2.05, 4.69) is 10.4 Å². The lowest BCUT2D eigenvalue weighted by molar-refractivity contribution is -0.384. The van der Waals surface area contributed by atoms with E-state index in [1.807, 2.05) is 0 Å². The van der Waals surface area contributed by atoms with E-state index in [4.69, 9.17) is 5.26 Å². The number of hydrogen-bond donors (Lipinski definition) is 1. The number of aromatic nitrogens is 2. The summed E-state index contributed by atoms with van der Waals surface area (Å²) < 4.78 is 1.29. The Hall–Kier alpha value is -3.21. The highest BCUT2D eigenvalue weighted by molar-refractivity contribution is 5.93. The second-order valence-corrected chi connectivity index (χ2v) is 3.80. The number of nitro groups is 1. The van der Waals surface area contributed by atoms with Crippen LogP contribution in [0.2, 0.25) is 0 Å². The van der Waals surface area contributed by atoms with E-state index in [1.54, 1.807) is 30.3 Å². The number of nitrogens with one attached hydrogen (secondary N) is 1. The Morgan fingerprint density at radius 2 is 2.25 bits per heavy atom. The summed E-state index contributed by atoms with van der Waals surface area (Å²) in [6, 6.07) is 8.43. The summed E-state index contributed by atoms with van der Waals surface area (Å²) in [6.45, 7) is 0. The Labute approximate surface area is 113 Å². The molecule has 0 aliphatic rings. The lowest BCUT2D eigenvalue weighted by Crippen LogP contribution is -2.12. The van der Waals surface area contributed by atoms with Crippen molar-refractivity contribution in [1.29, 1.82) is 5.26 Å². The highest BCUT2D eigenvalue weighted by Gasteiger charge is 2.13. The second kappa shape index (κ2) is 5.62. The Morgan fingerprint density at radius 1 is 1.50 bits per heavy atom. The molecule has 0 saturated heterocycles. The predicted octanol–water partition coefficient (Wildman–Crippen LogP) is 1.63. The standard InChI is InChI=1S/C12H9N5O3/c13-6-5-12(18)15-10-3-1-2-4-11(10)16-8-9(7-14-16)17(19)20/h1-4,7-8H,5H2,(H,15,18). The van der Waals surface area contributed by atoms with Crippen molar-refractivity contribution in [3.05, 3.63) is 46.8 Å². The van der Waals surface area contributed by atoms with Gasteiger partial charge in [0.1, 0.15) is 18.8 Å². The fraction of sp³-hybridized carbons (Fsp3) is 0.0833. The van der Waals surface area contributed by atoms with Crippen molar-refractivity contribution in [1.82, 2.24) is 9.78 Å². The number of anilines is 1. The van der Waals surface area contributed by atoms with Gasteiger partial charge in [-0.3, -0.25) is 14.9 Å². The fourth-order valence-electron chi connectivity index (χ4n) is 1.58. The molecule has 8 nitrogen and oxygen atoms in total. The summed E-state index contributed by atoms with van der Waals surface area (Å²) >= 11 is 0. The molecule has 1 aromatic carbocycles. The summed E-state index contributed by atoms with van der Waals surface area (Å²) in [7, 11) is 0. The van der Waals surface area contributed by atoms with Crippen LogP contribution in [-0.2, 0) is 4.79 Å². The van der Waals surface area contributed by atoms with E-state index < -0.39 is 10.8 Å². The largest absolute Gasteiger partial charge is 0.323 e. The van der Waals surface area contributed by atoms with Crippen LogP contribution < -0.4 is 5.32 Å². The van der Waals surface area contributed by atoms with Crippen molar-refractivity contribution in [3.63, 3.8) is 0 Å². The molecule has 1 N–H and O–H groups in total. The minimum atomic E-state index is -0.555. The van der Waals surface area contributed by atoms with Crippen LogP contribution in [0.3, 0.4) is 0 Å². The van der Waals surface area contributed by atoms with E-state index in [-0.39, 0.29) is 12.1 Å². The molecule has 1 heterocycles. The molecule has 1 aromatic heterocycles. The minimum absolute atomic E-state index is 0.150. The Bertz CT molecular complexity index is 701. The minimum Gasteiger partial charge on any atom is -0.323 e. The number of para-hydroxylation sites is 2. The SMILES string of the molecule is N#CCC(=O)Nc1ccccc1-n1cc([N+](=O)[O-])cn1. The quantitative estimate of drug-likeness (QED) is 0.670. The summed E-state index contributed by atoms with van der Waals surface area (Å²) in [6.07, 6.45) is 2.09. The second-order valence-electron chi connectivity index (χ2n) is 3.80. The maximum Gasteiger partial charge on any atom is 0.307 e. The number of hydrogen-bond acceptors (Lipinski definition) is 5. The number of nitriles is 1. The zero-order chi connectivity index (χ0) is 14.5. The van der Waals surface area contributed by atoms with E-state index in [0.717, 1.165) is 6.20 Å². The molecule has 0 aliphatic heterocycles. The van der Waals surface area contributed by atoms with E-state index in [1.165, 1.54) is 10.9 Å².